The normalized spacial score (nSPS) is 21.6. The Labute approximate surface area is 523 Å². The maximum absolute atomic E-state index is 13.7. The van der Waals surface area contributed by atoms with Gasteiger partial charge in [-0.25, -0.2) is 9.36 Å². The number of amides is 2. The van der Waals surface area contributed by atoms with Gasteiger partial charge in [0.05, 0.1) is 78.2 Å². The van der Waals surface area contributed by atoms with Gasteiger partial charge in [-0.05, 0) is 51.6 Å². The first kappa shape index (κ1) is 62.9. The van der Waals surface area contributed by atoms with Crippen molar-refractivity contribution in [2.45, 2.75) is 127 Å². The number of nitrogens with one attached hydrogen (secondary N) is 2. The Morgan fingerprint density at radius 1 is 0.389 bits per heavy atom. The van der Waals surface area contributed by atoms with Gasteiger partial charge in [0.15, 0.2) is 12.6 Å². The molecule has 466 valence electrons. The van der Waals surface area contributed by atoms with Crippen molar-refractivity contribution in [3.05, 3.63) is 275 Å². The highest BCUT2D eigenvalue weighted by atomic mass is 16.7. The smallest absolute Gasteiger partial charge is 0.251 e. The number of hydrogen-bond acceptors (Lipinski definition) is 16. The van der Waals surface area contributed by atoms with Crippen LogP contribution in [0.2, 0.25) is 0 Å². The summed E-state index contributed by atoms with van der Waals surface area (Å²) in [5, 5.41) is 23.5. The molecule has 0 unspecified atom stereocenters. The van der Waals surface area contributed by atoms with Crippen molar-refractivity contribution < 1.29 is 57.0 Å². The van der Waals surface area contributed by atoms with Gasteiger partial charge in [-0.2, -0.15) is 0 Å². The zero-order valence-electron chi connectivity index (χ0n) is 50.2. The predicted molar refractivity (Wildman–Crippen MR) is 330 cm³/mol. The number of hydrogen-bond donors (Lipinski definition) is 2. The third-order valence-corrected chi connectivity index (χ3v) is 15.5. The quantitative estimate of drug-likeness (QED) is 0.0430. The van der Waals surface area contributed by atoms with Crippen LogP contribution in [0, 0.1) is 0 Å². The molecular formula is C70H74N8O12. The van der Waals surface area contributed by atoms with Crippen LogP contribution >= 0.6 is 0 Å². The molecule has 2 saturated heterocycles. The van der Waals surface area contributed by atoms with Gasteiger partial charge in [0.25, 0.3) is 11.8 Å². The second-order valence-corrected chi connectivity index (χ2v) is 21.9. The van der Waals surface area contributed by atoms with Crippen molar-refractivity contribution in [3.63, 3.8) is 0 Å². The summed E-state index contributed by atoms with van der Waals surface area (Å²) < 4.78 is 68.9. The van der Waals surface area contributed by atoms with Gasteiger partial charge < -0.3 is 58.0 Å². The van der Waals surface area contributed by atoms with Crippen LogP contribution in [0.15, 0.2) is 219 Å². The lowest BCUT2D eigenvalue weighted by Crippen LogP contribution is -2.61. The van der Waals surface area contributed by atoms with E-state index in [2.05, 4.69) is 31.3 Å². The van der Waals surface area contributed by atoms with Gasteiger partial charge in [0.1, 0.15) is 60.2 Å². The first-order chi connectivity index (χ1) is 44.3. The summed E-state index contributed by atoms with van der Waals surface area (Å²) >= 11 is 0. The zero-order chi connectivity index (χ0) is 61.7. The van der Waals surface area contributed by atoms with Crippen LogP contribution in [-0.4, -0.2) is 117 Å². The lowest BCUT2D eigenvalue weighted by molar-refractivity contribution is -0.319. The number of rotatable bonds is 30. The van der Waals surface area contributed by atoms with Crippen LogP contribution in [0.1, 0.15) is 65.5 Å². The molecule has 0 aliphatic carbocycles. The number of carbonyl (C=O) groups is 2. The summed E-state index contributed by atoms with van der Waals surface area (Å²) in [6, 6.07) is 65.9. The summed E-state index contributed by atoms with van der Waals surface area (Å²) in [4.78, 5) is 27.4. The summed E-state index contributed by atoms with van der Waals surface area (Å²) in [5.41, 5.74) is 7.42. The average Bonchev–Trinajstić information content (AvgIpc) is 1.26. The van der Waals surface area contributed by atoms with Gasteiger partial charge in [-0.15, -0.1) is 10.2 Å². The lowest BCUT2D eigenvalue weighted by Gasteiger charge is -2.45. The fourth-order valence-electron chi connectivity index (χ4n) is 10.9. The van der Waals surface area contributed by atoms with E-state index in [0.29, 0.717) is 37.8 Å². The molecule has 0 saturated carbocycles. The van der Waals surface area contributed by atoms with Crippen molar-refractivity contribution in [1.29, 1.82) is 0 Å². The van der Waals surface area contributed by atoms with E-state index in [1.165, 1.54) is 6.07 Å². The van der Waals surface area contributed by atoms with Gasteiger partial charge in [-0.1, -0.05) is 198 Å². The van der Waals surface area contributed by atoms with Crippen LogP contribution in [-0.2, 0) is 113 Å². The molecule has 11 rings (SSSR count). The molecule has 2 aromatic heterocycles. The molecular weight excluding hydrogens is 1140 g/mol. The first-order valence-corrected chi connectivity index (χ1v) is 30.1. The Bertz CT molecular complexity index is 3360. The summed E-state index contributed by atoms with van der Waals surface area (Å²) in [7, 11) is 3.16. The van der Waals surface area contributed by atoms with E-state index in [1.807, 2.05) is 182 Å². The van der Waals surface area contributed by atoms with Gasteiger partial charge >= 0.3 is 0 Å². The second kappa shape index (κ2) is 32.2. The monoisotopic (exact) mass is 1220 g/mol. The molecule has 2 N–H and O–H groups in total. The van der Waals surface area contributed by atoms with E-state index in [4.69, 9.17) is 47.4 Å². The number of nitrogens with zero attached hydrogens (tertiary/aromatic N) is 6. The summed E-state index contributed by atoms with van der Waals surface area (Å²) in [5.74, 6) is -0.827. The van der Waals surface area contributed by atoms with Crippen LogP contribution in [0.3, 0.4) is 0 Å². The van der Waals surface area contributed by atoms with Crippen LogP contribution in [0.4, 0.5) is 0 Å². The molecule has 4 heterocycles. The van der Waals surface area contributed by atoms with Crippen molar-refractivity contribution in [2.24, 2.45) is 0 Å². The minimum Gasteiger partial charge on any atom is -0.368 e. The molecule has 9 aromatic rings. The third kappa shape index (κ3) is 17.4. The van der Waals surface area contributed by atoms with Gasteiger partial charge in [0.2, 0.25) is 0 Å². The number of ether oxygens (including phenoxy) is 10. The number of aromatic nitrogens is 6. The van der Waals surface area contributed by atoms with Crippen molar-refractivity contribution in [3.8, 4) is 0 Å². The zero-order valence-corrected chi connectivity index (χ0v) is 50.2. The van der Waals surface area contributed by atoms with E-state index < -0.39 is 73.2 Å². The van der Waals surface area contributed by atoms with Crippen LogP contribution in [0.25, 0.3) is 0 Å². The minimum atomic E-state index is -0.828. The van der Waals surface area contributed by atoms with Gasteiger partial charge in [0, 0.05) is 25.3 Å². The molecule has 20 heteroatoms. The van der Waals surface area contributed by atoms with Crippen LogP contribution in [0.5, 0.6) is 0 Å². The molecule has 2 fully saturated rings. The van der Waals surface area contributed by atoms with E-state index in [0.717, 1.165) is 33.4 Å². The molecule has 2 aliphatic rings. The Balaban J connectivity index is 0.721. The van der Waals surface area contributed by atoms with Crippen molar-refractivity contribution in [2.75, 3.05) is 14.2 Å². The summed E-state index contributed by atoms with van der Waals surface area (Å²) in [6.07, 6.45) is -3.40. The fourth-order valence-corrected chi connectivity index (χ4v) is 10.9. The Hall–Kier alpha value is -8.64. The van der Waals surface area contributed by atoms with Crippen LogP contribution < -0.4 is 10.6 Å². The number of benzene rings is 7. The molecule has 2 aliphatic heterocycles. The van der Waals surface area contributed by atoms with Crippen molar-refractivity contribution in [1.82, 2.24) is 40.6 Å². The first-order valence-electron chi connectivity index (χ1n) is 30.1. The highest BCUT2D eigenvalue weighted by molar-refractivity contribution is 5.99. The highest BCUT2D eigenvalue weighted by Gasteiger charge is 2.50. The molecule has 20 nitrogen and oxygen atoms in total. The number of carbonyl (C=O) groups excluding carboxylic acids is 2. The maximum atomic E-state index is 13.7. The minimum absolute atomic E-state index is 0.0468. The maximum Gasteiger partial charge on any atom is 0.251 e. The predicted octanol–water partition coefficient (Wildman–Crippen LogP) is 8.98. The molecule has 7 aromatic carbocycles. The Kier molecular flexibility index (Phi) is 22.5. The summed E-state index contributed by atoms with van der Waals surface area (Å²) in [6.45, 7) is 2.23. The number of methoxy groups -OCH3 is 2. The van der Waals surface area contributed by atoms with E-state index in [9.17, 15) is 9.59 Å². The average molecular weight is 1220 g/mol. The standard InChI is InChI=1S/C70H74N8O12/c1-81-69-65(87-47-53-30-17-7-18-31-53)63(85-45-51-26-13-5-14-27-51)61(83-43-49-22-9-3-10-23-49)59(89-69)41-77-39-57(73-75-77)37-71-67(79)55-34-21-35-56(36-55)68(80)72-38-58-40-78(76-74-58)42-60-62(84-44-50-24-11-4-12-25-50)64(86-46-52-28-15-6-16-29-52)66(70(82-2)90-60)88-48-54-32-19-8-20-33-54/h3-36,39-40,59-66,69-70H,37-38,41-48H2,1-2H3,(H,71,79)(H,72,80)/t59-,60-,61-,62-,63+,64+,65-,66-,69+,70+/m1/s1. The highest BCUT2D eigenvalue weighted by Crippen LogP contribution is 2.34. The molecule has 0 bridgehead atoms. The Morgan fingerprint density at radius 2 is 0.678 bits per heavy atom. The molecule has 0 spiro atoms. The Morgan fingerprint density at radius 3 is 0.978 bits per heavy atom. The molecule has 0 radical (unpaired) electrons. The lowest BCUT2D eigenvalue weighted by atomic mass is 9.97. The topological polar surface area (TPSA) is 212 Å². The largest absolute Gasteiger partial charge is 0.368 e. The molecule has 90 heavy (non-hydrogen) atoms. The molecule has 2 amide bonds. The van der Waals surface area contributed by atoms with Gasteiger partial charge in [-0.3, -0.25) is 9.59 Å². The van der Waals surface area contributed by atoms with E-state index in [1.54, 1.807) is 54.2 Å². The SMILES string of the molecule is CO[C@H]1O[C@H](Cn2cc(CNC(=O)c3cccc(C(=O)NCc4cn(C[C@H]5O[C@H](OC)[C@H](OCc6ccccc6)[C@@H](OCc6ccccc6)[C@@H]5OCc5ccccc5)nn4)c3)nn2)[C@@H](OCc2ccccc2)[C@H](OCc2ccccc2)[C@H]1OCc1ccccc1. The third-order valence-electron chi connectivity index (χ3n) is 15.5. The fraction of sp³-hybridized carbons (Fsp3) is 0.314. The second-order valence-electron chi connectivity index (χ2n) is 21.9. The van der Waals surface area contributed by atoms with E-state index >= 15 is 0 Å². The van der Waals surface area contributed by atoms with Crippen molar-refractivity contribution >= 4 is 11.8 Å². The molecule has 10 atom stereocenters. The van der Waals surface area contributed by atoms with E-state index in [-0.39, 0.29) is 50.5 Å².